The molecule has 4 heteroatoms. The zero-order valence-electron chi connectivity index (χ0n) is 26.8. The van der Waals surface area contributed by atoms with Crippen LogP contribution in [0.3, 0.4) is 0 Å². The summed E-state index contributed by atoms with van der Waals surface area (Å²) in [5, 5.41) is 3.31. The molecule has 1 N–H and O–H groups in total. The van der Waals surface area contributed by atoms with Crippen molar-refractivity contribution in [1.29, 1.82) is 0 Å². The Labute approximate surface area is 229 Å². The number of rotatable bonds is 8. The van der Waals surface area contributed by atoms with E-state index in [0.717, 1.165) is 39.1 Å². The third-order valence-electron chi connectivity index (χ3n) is 6.29. The second kappa shape index (κ2) is 11.1. The highest BCUT2D eigenvalue weighted by atomic mass is 15.3. The molecule has 0 aliphatic carbocycles. The van der Waals surface area contributed by atoms with Gasteiger partial charge in [0.05, 0.1) is 13.3 Å². The predicted molar refractivity (Wildman–Crippen MR) is 158 cm³/mol. The molecule has 0 atom stereocenters. The van der Waals surface area contributed by atoms with Crippen molar-refractivity contribution in [1.82, 2.24) is 9.80 Å². The third kappa shape index (κ3) is 5.54. The average molecular weight is 493 g/mol. The molecule has 0 fully saturated rings. The van der Waals surface area contributed by atoms with Crippen LogP contribution in [0.4, 0.5) is 11.4 Å². The zero-order chi connectivity index (χ0) is 30.6. The first-order chi connectivity index (χ1) is 20.5. The molecule has 0 amide bonds. The predicted octanol–water partition coefficient (Wildman–Crippen LogP) is 7.70. The van der Waals surface area contributed by atoms with E-state index >= 15 is 0 Å². The molecule has 0 radical (unpaired) electrons. The molecular weight excluding hydrogens is 452 g/mol. The summed E-state index contributed by atoms with van der Waals surface area (Å²) in [6.07, 6.45) is 6.56. The normalized spacial score (nSPS) is 16.0. The van der Waals surface area contributed by atoms with Crippen molar-refractivity contribution in [3.8, 4) is 33.4 Å². The number of anilines is 2. The van der Waals surface area contributed by atoms with Crippen molar-refractivity contribution in [2.24, 2.45) is 0 Å². The summed E-state index contributed by atoms with van der Waals surface area (Å²) in [5.41, 5.74) is 7.61. The molecular formula is C33H34N4. The van der Waals surface area contributed by atoms with Crippen LogP contribution in [0.2, 0.25) is 0 Å². The summed E-state index contributed by atoms with van der Waals surface area (Å²) in [6, 6.07) is 32.6. The lowest BCUT2D eigenvalue weighted by molar-refractivity contribution is 0.490. The molecule has 4 aromatic rings. The minimum absolute atomic E-state index is 0.0485. The van der Waals surface area contributed by atoms with E-state index < -0.39 is 14.0 Å². The minimum atomic E-state index is -2.32. The standard InChI is InChI=1S/C33H34N4/c1-4-18-35(2)24-34-29-21-28(22-30(23-29)37-20-19-36(3)25-37)33-31(26-12-7-5-8-13-26)16-11-17-32(33)27-14-9-6-10-15-27/h4-23,34H,24-25H2,1-3H3/b18-4-/i2D3,3D3. The molecule has 186 valence electrons. The summed E-state index contributed by atoms with van der Waals surface area (Å²) >= 11 is 0. The lowest BCUT2D eigenvalue weighted by Gasteiger charge is -2.23. The molecule has 0 spiro atoms. The lowest BCUT2D eigenvalue weighted by atomic mass is 9.87. The van der Waals surface area contributed by atoms with E-state index in [1.807, 2.05) is 53.4 Å². The van der Waals surface area contributed by atoms with Gasteiger partial charge in [-0.1, -0.05) is 84.9 Å². The van der Waals surface area contributed by atoms with Crippen LogP contribution in [0, 0.1) is 0 Å². The number of nitrogens with one attached hydrogen (secondary N) is 1. The van der Waals surface area contributed by atoms with Crippen molar-refractivity contribution in [2.75, 3.05) is 37.5 Å². The highest BCUT2D eigenvalue weighted by Gasteiger charge is 2.18. The number of benzene rings is 4. The van der Waals surface area contributed by atoms with Crippen LogP contribution in [0.1, 0.15) is 15.1 Å². The monoisotopic (exact) mass is 492 g/mol. The SMILES string of the molecule is [2H]C([2H])([2H])N1C=CN(c2cc(NCN(/C=C\C)C([2H])([2H])[2H])cc(-c3c(-c4ccccc4)cccc3-c3ccccc3)c2)C1. The summed E-state index contributed by atoms with van der Waals surface area (Å²) in [6.45, 7) is -2.60. The fourth-order valence-electron chi connectivity index (χ4n) is 4.60. The molecule has 0 saturated heterocycles. The van der Waals surface area contributed by atoms with Gasteiger partial charge in [-0.15, -0.1) is 0 Å². The van der Waals surface area contributed by atoms with Gasteiger partial charge in [-0.2, -0.15) is 0 Å². The Kier molecular flexibility index (Phi) is 5.37. The maximum absolute atomic E-state index is 7.93. The Bertz CT molecular complexity index is 1540. The molecule has 0 aromatic heterocycles. The highest BCUT2D eigenvalue weighted by Crippen LogP contribution is 2.42. The summed E-state index contributed by atoms with van der Waals surface area (Å²) in [4.78, 5) is 4.45. The number of hydrogen-bond donors (Lipinski definition) is 1. The van der Waals surface area contributed by atoms with Gasteiger partial charge in [0.2, 0.25) is 0 Å². The van der Waals surface area contributed by atoms with E-state index in [9.17, 15) is 0 Å². The van der Waals surface area contributed by atoms with Crippen LogP contribution in [-0.4, -0.2) is 37.1 Å². The molecule has 1 aliphatic heterocycles. The Morgan fingerprint density at radius 3 is 2.14 bits per heavy atom. The van der Waals surface area contributed by atoms with Gasteiger partial charge in [-0.05, 0) is 64.7 Å². The van der Waals surface area contributed by atoms with Crippen LogP contribution in [0.25, 0.3) is 33.4 Å². The summed E-state index contributed by atoms with van der Waals surface area (Å²) in [7, 11) is 0. The summed E-state index contributed by atoms with van der Waals surface area (Å²) < 4.78 is 47.4. The maximum atomic E-state index is 7.93. The fourth-order valence-corrected chi connectivity index (χ4v) is 4.60. The first-order valence-corrected chi connectivity index (χ1v) is 12.3. The molecule has 5 rings (SSSR count). The number of nitrogens with zero attached hydrogens (tertiary/aromatic N) is 3. The molecule has 1 heterocycles. The van der Waals surface area contributed by atoms with E-state index in [1.54, 1.807) is 31.6 Å². The average Bonchev–Trinajstić information content (AvgIpc) is 3.51. The molecule has 4 nitrogen and oxygen atoms in total. The van der Waals surface area contributed by atoms with E-state index in [1.165, 1.54) is 9.80 Å². The molecule has 1 aliphatic rings. The molecule has 4 aromatic carbocycles. The highest BCUT2D eigenvalue weighted by molar-refractivity contribution is 5.96. The third-order valence-corrected chi connectivity index (χ3v) is 6.29. The quantitative estimate of drug-likeness (QED) is 0.254. The summed E-state index contributed by atoms with van der Waals surface area (Å²) in [5.74, 6) is 0. The van der Waals surface area contributed by atoms with Gasteiger partial charge in [-0.25, -0.2) is 0 Å². The lowest BCUT2D eigenvalue weighted by Crippen LogP contribution is -2.22. The fraction of sp³-hybridized carbons (Fsp3) is 0.152. The van der Waals surface area contributed by atoms with Crippen LogP contribution >= 0.6 is 0 Å². The van der Waals surface area contributed by atoms with E-state index in [-0.39, 0.29) is 13.3 Å². The van der Waals surface area contributed by atoms with Crippen LogP contribution in [0.5, 0.6) is 0 Å². The van der Waals surface area contributed by atoms with Crippen molar-refractivity contribution >= 4 is 11.4 Å². The first kappa shape index (κ1) is 17.9. The van der Waals surface area contributed by atoms with Crippen LogP contribution < -0.4 is 10.2 Å². The van der Waals surface area contributed by atoms with E-state index in [0.29, 0.717) is 5.69 Å². The second-order valence-electron chi connectivity index (χ2n) is 8.89. The van der Waals surface area contributed by atoms with Gasteiger partial charge >= 0.3 is 0 Å². The van der Waals surface area contributed by atoms with Gasteiger partial charge < -0.3 is 20.0 Å². The Hall–Kier alpha value is -4.44. The molecule has 37 heavy (non-hydrogen) atoms. The molecule has 0 bridgehead atoms. The largest absolute Gasteiger partial charge is 0.368 e. The van der Waals surface area contributed by atoms with Crippen LogP contribution in [-0.2, 0) is 0 Å². The van der Waals surface area contributed by atoms with Crippen molar-refractivity contribution in [3.63, 3.8) is 0 Å². The zero-order valence-corrected chi connectivity index (χ0v) is 20.8. The minimum Gasteiger partial charge on any atom is -0.368 e. The van der Waals surface area contributed by atoms with Gasteiger partial charge in [0, 0.05) is 46.0 Å². The van der Waals surface area contributed by atoms with Crippen LogP contribution in [0.15, 0.2) is 122 Å². The van der Waals surface area contributed by atoms with Gasteiger partial charge in [-0.3, -0.25) is 0 Å². The number of hydrogen-bond acceptors (Lipinski definition) is 4. The Morgan fingerprint density at radius 2 is 1.54 bits per heavy atom. The van der Waals surface area contributed by atoms with E-state index in [2.05, 4.69) is 53.8 Å². The van der Waals surface area contributed by atoms with Gasteiger partial charge in [0.25, 0.3) is 0 Å². The van der Waals surface area contributed by atoms with Gasteiger partial charge in [0.1, 0.15) is 0 Å². The second-order valence-corrected chi connectivity index (χ2v) is 8.89. The van der Waals surface area contributed by atoms with Crippen molar-refractivity contribution in [3.05, 3.63) is 122 Å². The molecule has 0 saturated carbocycles. The smallest absolute Gasteiger partial charge is 0.0938 e. The maximum Gasteiger partial charge on any atom is 0.0938 e. The number of allylic oxidation sites excluding steroid dienone is 1. The van der Waals surface area contributed by atoms with Gasteiger partial charge in [0.15, 0.2) is 0 Å². The molecule has 0 unspecified atom stereocenters. The van der Waals surface area contributed by atoms with Crippen molar-refractivity contribution in [2.45, 2.75) is 6.92 Å². The topological polar surface area (TPSA) is 21.8 Å². The Balaban J connectivity index is 1.67. The van der Waals surface area contributed by atoms with Crippen molar-refractivity contribution < 1.29 is 8.22 Å². The van der Waals surface area contributed by atoms with E-state index in [4.69, 9.17) is 8.22 Å². The Morgan fingerprint density at radius 1 is 0.838 bits per heavy atom. The first-order valence-electron chi connectivity index (χ1n) is 15.3.